The van der Waals surface area contributed by atoms with E-state index in [1.54, 1.807) is 6.92 Å². The molecule has 2 aliphatic heterocycles. The Bertz CT molecular complexity index is 563. The summed E-state index contributed by atoms with van der Waals surface area (Å²) < 4.78 is 11.0. The number of nitrogens with zero attached hydrogens (tertiary/aromatic N) is 1. The Morgan fingerprint density at radius 2 is 2.04 bits per heavy atom. The van der Waals surface area contributed by atoms with Gasteiger partial charge in [0.15, 0.2) is 0 Å². The second kappa shape index (κ2) is 4.93. The molecule has 4 rings (SSSR count). The van der Waals surface area contributed by atoms with Crippen LogP contribution in [-0.4, -0.2) is 53.7 Å². The van der Waals surface area contributed by atoms with Gasteiger partial charge in [-0.3, -0.25) is 14.5 Å². The molecule has 2 atom stereocenters. The molecule has 0 radical (unpaired) electrons. The Kier molecular flexibility index (Phi) is 3.20. The first-order valence-electron chi connectivity index (χ1n) is 8.38. The fourth-order valence-electron chi connectivity index (χ4n) is 3.85. The smallest absolute Gasteiger partial charge is 0.326 e. The van der Waals surface area contributed by atoms with Crippen LogP contribution in [-0.2, 0) is 19.1 Å². The van der Waals surface area contributed by atoms with Crippen molar-refractivity contribution < 1.29 is 23.9 Å². The lowest BCUT2D eigenvalue weighted by Crippen LogP contribution is -2.46. The van der Waals surface area contributed by atoms with Crippen molar-refractivity contribution in [2.75, 3.05) is 19.8 Å². The molecule has 2 heterocycles. The van der Waals surface area contributed by atoms with Gasteiger partial charge >= 0.3 is 12.0 Å². The van der Waals surface area contributed by atoms with E-state index in [0.29, 0.717) is 13.2 Å². The van der Waals surface area contributed by atoms with Crippen LogP contribution in [0.1, 0.15) is 39.0 Å². The third-order valence-electron chi connectivity index (χ3n) is 5.72. The second-order valence-electron chi connectivity index (χ2n) is 7.40. The Morgan fingerprint density at radius 1 is 1.30 bits per heavy atom. The van der Waals surface area contributed by atoms with Crippen molar-refractivity contribution in [2.45, 2.75) is 50.2 Å². The van der Waals surface area contributed by atoms with Gasteiger partial charge in [-0.25, -0.2) is 4.79 Å². The zero-order chi connectivity index (χ0) is 16.2. The van der Waals surface area contributed by atoms with E-state index in [-0.39, 0.29) is 24.3 Å². The average Bonchev–Trinajstić information content (AvgIpc) is 3.42. The molecule has 7 heteroatoms. The molecule has 0 bridgehead atoms. The summed E-state index contributed by atoms with van der Waals surface area (Å²) in [4.78, 5) is 37.8. The molecule has 3 amide bonds. The monoisotopic (exact) mass is 322 g/mol. The van der Waals surface area contributed by atoms with Crippen LogP contribution in [0.25, 0.3) is 0 Å². The van der Waals surface area contributed by atoms with Crippen molar-refractivity contribution in [1.82, 2.24) is 10.2 Å². The third kappa shape index (κ3) is 2.41. The molecule has 0 aromatic rings. The summed E-state index contributed by atoms with van der Waals surface area (Å²) in [5, 5.41) is 2.74. The average molecular weight is 322 g/mol. The number of urea groups is 1. The minimum Gasteiger partial charge on any atom is -0.457 e. The van der Waals surface area contributed by atoms with Gasteiger partial charge in [0.05, 0.1) is 6.61 Å². The summed E-state index contributed by atoms with van der Waals surface area (Å²) in [6, 6.07) is -0.490. The van der Waals surface area contributed by atoms with Crippen LogP contribution in [0.3, 0.4) is 0 Å². The van der Waals surface area contributed by atoms with Crippen LogP contribution in [0.2, 0.25) is 0 Å². The van der Waals surface area contributed by atoms with Gasteiger partial charge in [-0.05, 0) is 44.9 Å². The molecule has 2 aliphatic carbocycles. The molecule has 0 spiro atoms. The molecule has 4 aliphatic rings. The Hall–Kier alpha value is -1.63. The van der Waals surface area contributed by atoms with Crippen molar-refractivity contribution in [3.8, 4) is 0 Å². The minimum absolute atomic E-state index is 0.186. The van der Waals surface area contributed by atoms with Crippen molar-refractivity contribution in [1.29, 1.82) is 0 Å². The van der Waals surface area contributed by atoms with E-state index in [1.807, 2.05) is 0 Å². The van der Waals surface area contributed by atoms with Crippen molar-refractivity contribution in [2.24, 2.45) is 11.8 Å². The molecule has 0 aromatic carbocycles. The number of carbonyl (C=O) groups excluding carboxylic acids is 3. The Morgan fingerprint density at radius 3 is 2.61 bits per heavy atom. The zero-order valence-electron chi connectivity index (χ0n) is 13.3. The van der Waals surface area contributed by atoms with E-state index in [4.69, 9.17) is 9.47 Å². The molecule has 2 saturated carbocycles. The van der Waals surface area contributed by atoms with Crippen LogP contribution in [0.4, 0.5) is 4.79 Å². The lowest BCUT2D eigenvalue weighted by atomic mass is 9.96. The van der Waals surface area contributed by atoms with Crippen LogP contribution >= 0.6 is 0 Å². The fraction of sp³-hybridized carbons (Fsp3) is 0.812. The molecule has 23 heavy (non-hydrogen) atoms. The predicted molar refractivity (Wildman–Crippen MR) is 78.4 cm³/mol. The normalized spacial score (nSPS) is 35.3. The van der Waals surface area contributed by atoms with Gasteiger partial charge < -0.3 is 14.8 Å². The summed E-state index contributed by atoms with van der Waals surface area (Å²) in [6.45, 7) is 2.77. The summed E-state index contributed by atoms with van der Waals surface area (Å²) >= 11 is 0. The molecular weight excluding hydrogens is 300 g/mol. The number of rotatable bonds is 5. The molecule has 0 unspecified atom stereocenters. The number of imide groups is 1. The van der Waals surface area contributed by atoms with Crippen LogP contribution < -0.4 is 5.32 Å². The molecule has 4 fully saturated rings. The van der Waals surface area contributed by atoms with Crippen molar-refractivity contribution in [3.05, 3.63) is 0 Å². The Balaban J connectivity index is 1.39. The predicted octanol–water partition coefficient (Wildman–Crippen LogP) is 0.819. The highest BCUT2D eigenvalue weighted by atomic mass is 16.6. The first-order valence-corrected chi connectivity index (χ1v) is 8.38. The number of amides is 3. The first kappa shape index (κ1) is 14.9. The van der Waals surface area contributed by atoms with E-state index in [1.165, 1.54) is 0 Å². The number of ether oxygens (including phenoxy) is 2. The zero-order valence-corrected chi connectivity index (χ0v) is 13.3. The van der Waals surface area contributed by atoms with E-state index in [2.05, 4.69) is 5.32 Å². The van der Waals surface area contributed by atoms with Gasteiger partial charge in [-0.2, -0.15) is 0 Å². The fourth-order valence-corrected chi connectivity index (χ4v) is 3.85. The van der Waals surface area contributed by atoms with Crippen LogP contribution in [0.15, 0.2) is 0 Å². The third-order valence-corrected chi connectivity index (χ3v) is 5.72. The quantitative estimate of drug-likeness (QED) is 0.598. The van der Waals surface area contributed by atoms with E-state index in [9.17, 15) is 14.4 Å². The highest BCUT2D eigenvalue weighted by Gasteiger charge is 2.57. The van der Waals surface area contributed by atoms with Gasteiger partial charge in [-0.1, -0.05) is 0 Å². The highest BCUT2D eigenvalue weighted by Crippen LogP contribution is 2.49. The van der Waals surface area contributed by atoms with Crippen LogP contribution in [0, 0.1) is 11.8 Å². The maximum Gasteiger partial charge on any atom is 0.326 e. The molecule has 126 valence electrons. The lowest BCUT2D eigenvalue weighted by molar-refractivity contribution is -0.157. The standard InChI is InChI=1S/C16H22N2O5/c1-15(10-2-3-10)13(20)18(14(21)17-15)8-12(19)23-16(5-6-16)11-4-7-22-9-11/h10-11H,2-9H2,1H3,(H,17,21)/t11-,15+/m1/s1. The van der Waals surface area contributed by atoms with Gasteiger partial charge in [0.25, 0.3) is 5.91 Å². The topological polar surface area (TPSA) is 84.9 Å². The minimum atomic E-state index is -0.853. The lowest BCUT2D eigenvalue weighted by Gasteiger charge is -2.24. The highest BCUT2D eigenvalue weighted by molar-refractivity contribution is 6.08. The summed E-state index contributed by atoms with van der Waals surface area (Å²) in [5.41, 5.74) is -1.28. The van der Waals surface area contributed by atoms with Gasteiger partial charge in [0, 0.05) is 12.5 Å². The summed E-state index contributed by atoms with van der Waals surface area (Å²) in [7, 11) is 0. The number of hydrogen-bond donors (Lipinski definition) is 1. The maximum absolute atomic E-state index is 12.5. The number of nitrogens with one attached hydrogen (secondary N) is 1. The molecule has 7 nitrogen and oxygen atoms in total. The van der Waals surface area contributed by atoms with Crippen molar-refractivity contribution in [3.63, 3.8) is 0 Å². The number of hydrogen-bond acceptors (Lipinski definition) is 5. The van der Waals surface area contributed by atoms with Gasteiger partial charge in [0.2, 0.25) is 0 Å². The van der Waals surface area contributed by atoms with Crippen LogP contribution in [0.5, 0.6) is 0 Å². The summed E-state index contributed by atoms with van der Waals surface area (Å²) in [5.74, 6) is -0.384. The SMILES string of the molecule is C[C@@]1(C2CC2)NC(=O)N(CC(=O)OC2([C@@H]3CCOC3)CC2)C1=O. The maximum atomic E-state index is 12.5. The van der Waals surface area contributed by atoms with Gasteiger partial charge in [0.1, 0.15) is 17.7 Å². The molecule has 1 N–H and O–H groups in total. The first-order chi connectivity index (χ1) is 10.9. The molecule has 0 aromatic heterocycles. The van der Waals surface area contributed by atoms with E-state index >= 15 is 0 Å². The summed E-state index contributed by atoms with van der Waals surface area (Å²) in [6.07, 6.45) is 4.45. The molecule has 2 saturated heterocycles. The van der Waals surface area contributed by atoms with E-state index in [0.717, 1.165) is 37.0 Å². The second-order valence-corrected chi connectivity index (χ2v) is 7.40. The molecular formula is C16H22N2O5. The van der Waals surface area contributed by atoms with E-state index < -0.39 is 23.1 Å². The number of carbonyl (C=O) groups is 3. The number of esters is 1. The van der Waals surface area contributed by atoms with Gasteiger partial charge in [-0.15, -0.1) is 0 Å². The van der Waals surface area contributed by atoms with Crippen molar-refractivity contribution >= 4 is 17.9 Å². The largest absolute Gasteiger partial charge is 0.457 e. The Labute approximate surface area is 134 Å².